The zero-order chi connectivity index (χ0) is 15.7. The lowest BCUT2D eigenvalue weighted by atomic mass is 10.2. The van der Waals surface area contributed by atoms with Crippen LogP contribution in [0.5, 0.6) is 0 Å². The largest absolute Gasteiger partial charge is 0.418 e. The van der Waals surface area contributed by atoms with Gasteiger partial charge in [-0.1, -0.05) is 19.6 Å². The summed E-state index contributed by atoms with van der Waals surface area (Å²) in [4.78, 5) is 7.59. The van der Waals surface area contributed by atoms with Gasteiger partial charge in [0.25, 0.3) is 0 Å². The highest BCUT2D eigenvalue weighted by molar-refractivity contribution is 6.76. The van der Waals surface area contributed by atoms with Crippen molar-refractivity contribution in [1.82, 2.24) is 14.5 Å². The molecule has 0 aromatic carbocycles. The predicted octanol–water partition coefficient (Wildman–Crippen LogP) is 3.76. The number of nitrogens with zero attached hydrogens (tertiary/aromatic N) is 3. The highest BCUT2D eigenvalue weighted by atomic mass is 28.3. The molecule has 0 unspecified atom stereocenters. The van der Waals surface area contributed by atoms with Crippen molar-refractivity contribution in [3.05, 3.63) is 24.3 Å². The Morgan fingerprint density at radius 3 is 2.62 bits per heavy atom. The Morgan fingerprint density at radius 1 is 1.29 bits per heavy atom. The van der Waals surface area contributed by atoms with Crippen LogP contribution in [-0.2, 0) is 17.6 Å². The van der Waals surface area contributed by atoms with Crippen LogP contribution in [0.15, 0.2) is 18.7 Å². The minimum atomic E-state index is -4.42. The molecule has 2 aromatic heterocycles. The van der Waals surface area contributed by atoms with Crippen molar-refractivity contribution < 1.29 is 17.9 Å². The highest BCUT2D eigenvalue weighted by Gasteiger charge is 2.35. The fourth-order valence-corrected chi connectivity index (χ4v) is 2.65. The van der Waals surface area contributed by atoms with E-state index in [-0.39, 0.29) is 17.8 Å². The van der Waals surface area contributed by atoms with Gasteiger partial charge in [0.1, 0.15) is 18.7 Å². The molecule has 0 saturated carbocycles. The van der Waals surface area contributed by atoms with E-state index >= 15 is 0 Å². The van der Waals surface area contributed by atoms with Crippen molar-refractivity contribution in [2.24, 2.45) is 0 Å². The predicted molar refractivity (Wildman–Crippen MR) is 76.6 cm³/mol. The Hall–Kier alpha value is -1.41. The van der Waals surface area contributed by atoms with Crippen molar-refractivity contribution >= 4 is 19.1 Å². The first kappa shape index (κ1) is 16.0. The second-order valence-corrected chi connectivity index (χ2v) is 11.7. The molecular weight excluding hydrogens is 299 g/mol. The third-order valence-corrected chi connectivity index (χ3v) is 4.77. The first-order valence-corrected chi connectivity index (χ1v) is 10.3. The molecule has 0 aliphatic rings. The van der Waals surface area contributed by atoms with E-state index in [0.29, 0.717) is 6.61 Å². The molecule has 2 rings (SSSR count). The fraction of sp³-hybridized carbons (Fsp3) is 0.538. The second kappa shape index (κ2) is 5.76. The SMILES string of the molecule is C[Si](C)(C)CCOCn1cc(C(F)(F)F)c2cncnc21. The number of alkyl halides is 3. The lowest BCUT2D eigenvalue weighted by Gasteiger charge is -2.15. The molecule has 0 saturated heterocycles. The molecule has 0 aliphatic carbocycles. The van der Waals surface area contributed by atoms with Gasteiger partial charge in [-0.05, 0) is 6.04 Å². The third-order valence-electron chi connectivity index (χ3n) is 3.07. The standard InChI is InChI=1S/C13H18F3N3OSi/c1-21(2,3)5-4-20-9-19-7-11(13(14,15)16)10-6-17-8-18-12(10)19/h6-8H,4-5,9H2,1-3H3. The number of hydrogen-bond acceptors (Lipinski definition) is 3. The summed E-state index contributed by atoms with van der Waals surface area (Å²) in [5.41, 5.74) is -0.489. The molecule has 8 heteroatoms. The quantitative estimate of drug-likeness (QED) is 0.622. The zero-order valence-electron chi connectivity index (χ0n) is 12.2. The van der Waals surface area contributed by atoms with E-state index in [0.717, 1.165) is 12.2 Å². The molecular formula is C13H18F3N3OSi. The van der Waals surface area contributed by atoms with E-state index in [4.69, 9.17) is 4.74 Å². The van der Waals surface area contributed by atoms with Gasteiger partial charge >= 0.3 is 6.18 Å². The number of rotatable bonds is 5. The number of hydrogen-bond donors (Lipinski definition) is 0. The van der Waals surface area contributed by atoms with Crippen LogP contribution in [-0.4, -0.2) is 29.2 Å². The van der Waals surface area contributed by atoms with Crippen molar-refractivity contribution in [2.75, 3.05) is 6.61 Å². The van der Waals surface area contributed by atoms with Gasteiger partial charge in [-0.2, -0.15) is 13.2 Å². The summed E-state index contributed by atoms with van der Waals surface area (Å²) in [5.74, 6) is 0. The van der Waals surface area contributed by atoms with Crippen LogP contribution >= 0.6 is 0 Å². The van der Waals surface area contributed by atoms with E-state index in [1.165, 1.54) is 17.1 Å². The van der Waals surface area contributed by atoms with Crippen LogP contribution in [0.25, 0.3) is 11.0 Å². The molecule has 0 bridgehead atoms. The summed E-state index contributed by atoms with van der Waals surface area (Å²) in [5, 5.41) is -0.00111. The maximum Gasteiger partial charge on any atom is 0.418 e. The average molecular weight is 317 g/mol. The minimum Gasteiger partial charge on any atom is -0.361 e. The highest BCUT2D eigenvalue weighted by Crippen LogP contribution is 2.35. The van der Waals surface area contributed by atoms with Crippen LogP contribution in [0.4, 0.5) is 13.2 Å². The lowest BCUT2D eigenvalue weighted by molar-refractivity contribution is -0.136. The third kappa shape index (κ3) is 4.04. The van der Waals surface area contributed by atoms with E-state index in [2.05, 4.69) is 29.6 Å². The molecule has 4 nitrogen and oxygen atoms in total. The smallest absolute Gasteiger partial charge is 0.361 e. The summed E-state index contributed by atoms with van der Waals surface area (Å²) >= 11 is 0. The number of fused-ring (bicyclic) bond motifs is 1. The molecule has 2 aromatic rings. The first-order chi connectivity index (χ1) is 9.68. The normalized spacial score (nSPS) is 13.0. The fourth-order valence-electron chi connectivity index (χ4n) is 1.89. The molecule has 21 heavy (non-hydrogen) atoms. The molecule has 0 N–H and O–H groups in total. The van der Waals surface area contributed by atoms with Crippen molar-refractivity contribution in [3.8, 4) is 0 Å². The summed E-state index contributed by atoms with van der Waals surface area (Å²) in [6.07, 6.45) is -0.967. The number of halogens is 3. The van der Waals surface area contributed by atoms with E-state index in [1.807, 2.05) is 0 Å². The maximum atomic E-state index is 13.0. The van der Waals surface area contributed by atoms with E-state index in [9.17, 15) is 13.2 Å². The maximum absolute atomic E-state index is 13.0. The average Bonchev–Trinajstić information content (AvgIpc) is 2.72. The Labute approximate surface area is 122 Å². The van der Waals surface area contributed by atoms with Crippen molar-refractivity contribution in [2.45, 2.75) is 38.6 Å². The first-order valence-electron chi connectivity index (χ1n) is 6.62. The number of ether oxygens (including phenoxy) is 1. The van der Waals surface area contributed by atoms with Gasteiger partial charge in [0.2, 0.25) is 0 Å². The molecule has 0 aliphatic heterocycles. The van der Waals surface area contributed by atoms with E-state index in [1.54, 1.807) is 0 Å². The van der Waals surface area contributed by atoms with Crippen LogP contribution in [0.1, 0.15) is 5.56 Å². The van der Waals surface area contributed by atoms with Gasteiger partial charge in [0.05, 0.1) is 5.56 Å². The molecule has 116 valence electrons. The van der Waals surface area contributed by atoms with Crippen LogP contribution in [0.3, 0.4) is 0 Å². The van der Waals surface area contributed by atoms with Gasteiger partial charge in [-0.15, -0.1) is 0 Å². The Bertz CT molecular complexity index is 619. The summed E-state index contributed by atoms with van der Waals surface area (Å²) < 4.78 is 45.8. The molecule has 0 amide bonds. The zero-order valence-corrected chi connectivity index (χ0v) is 13.2. The Balaban J connectivity index is 2.17. The minimum absolute atomic E-state index is 0.00111. The van der Waals surface area contributed by atoms with Crippen LogP contribution in [0, 0.1) is 0 Å². The van der Waals surface area contributed by atoms with Gasteiger partial charge in [0.15, 0.2) is 0 Å². The Morgan fingerprint density at radius 2 is 2.00 bits per heavy atom. The summed E-state index contributed by atoms with van der Waals surface area (Å²) in [6, 6.07) is 0.966. The topological polar surface area (TPSA) is 39.9 Å². The van der Waals surface area contributed by atoms with Crippen LogP contribution < -0.4 is 0 Å². The van der Waals surface area contributed by atoms with Crippen LogP contribution in [0.2, 0.25) is 25.7 Å². The van der Waals surface area contributed by atoms with Crippen molar-refractivity contribution in [3.63, 3.8) is 0 Å². The van der Waals surface area contributed by atoms with Gasteiger partial charge < -0.3 is 9.30 Å². The molecule has 0 atom stereocenters. The molecule has 0 fully saturated rings. The summed E-state index contributed by atoms with van der Waals surface area (Å²) in [7, 11) is -1.21. The molecule has 0 radical (unpaired) electrons. The Kier molecular flexibility index (Phi) is 4.38. The van der Waals surface area contributed by atoms with Gasteiger partial charge in [-0.3, -0.25) is 0 Å². The van der Waals surface area contributed by atoms with Gasteiger partial charge in [0, 0.05) is 32.5 Å². The van der Waals surface area contributed by atoms with Gasteiger partial charge in [-0.25, -0.2) is 9.97 Å². The van der Waals surface area contributed by atoms with Crippen molar-refractivity contribution in [1.29, 1.82) is 0 Å². The lowest BCUT2D eigenvalue weighted by Crippen LogP contribution is -2.22. The number of aromatic nitrogens is 3. The molecule has 2 heterocycles. The summed E-state index contributed by atoms with van der Waals surface area (Å²) in [6.45, 7) is 7.26. The van der Waals surface area contributed by atoms with E-state index < -0.39 is 19.8 Å². The second-order valence-electron chi connectivity index (χ2n) is 6.12. The molecule has 0 spiro atoms. The monoisotopic (exact) mass is 317 g/mol.